The van der Waals surface area contributed by atoms with E-state index >= 15 is 0 Å². The molecule has 1 saturated heterocycles. The molecule has 0 radical (unpaired) electrons. The molecule has 0 bridgehead atoms. The number of aryl methyl sites for hydroxylation is 1. The normalized spacial score (nSPS) is 16.6. The van der Waals surface area contributed by atoms with Crippen molar-refractivity contribution in [2.45, 2.75) is 39.7 Å². The maximum atomic E-state index is 11.7. The summed E-state index contributed by atoms with van der Waals surface area (Å²) in [5.41, 5.74) is 2.30. The highest BCUT2D eigenvalue weighted by Gasteiger charge is 2.23. The highest BCUT2D eigenvalue weighted by atomic mass is 16.2. The minimum atomic E-state index is 0.290. The lowest BCUT2D eigenvalue weighted by atomic mass is 9.96. The second-order valence-corrected chi connectivity index (χ2v) is 5.94. The molecule has 4 nitrogen and oxygen atoms in total. The quantitative estimate of drug-likeness (QED) is 0.869. The second kappa shape index (κ2) is 5.88. The number of carbonyl (C=O) groups is 1. The van der Waals surface area contributed by atoms with Crippen LogP contribution in [-0.2, 0) is 11.3 Å². The Morgan fingerprint density at radius 3 is 2.71 bits per heavy atom. The monoisotopic (exact) mass is 285 g/mol. The Morgan fingerprint density at radius 2 is 2.00 bits per heavy atom. The number of fused-ring (bicyclic) bond motifs is 1. The summed E-state index contributed by atoms with van der Waals surface area (Å²) < 4.78 is 2.33. The molecule has 1 fully saturated rings. The zero-order valence-corrected chi connectivity index (χ0v) is 12.9. The molecule has 112 valence electrons. The zero-order valence-electron chi connectivity index (χ0n) is 12.9. The van der Waals surface area contributed by atoms with E-state index in [-0.39, 0.29) is 5.91 Å². The van der Waals surface area contributed by atoms with E-state index in [0.29, 0.717) is 12.3 Å². The van der Waals surface area contributed by atoms with Crippen LogP contribution >= 0.6 is 0 Å². The summed E-state index contributed by atoms with van der Waals surface area (Å²) in [6.07, 6.45) is 2.81. The van der Waals surface area contributed by atoms with E-state index in [9.17, 15) is 4.79 Å². The summed E-state index contributed by atoms with van der Waals surface area (Å²) in [5, 5.41) is 0. The second-order valence-electron chi connectivity index (χ2n) is 5.94. The molecule has 2 heterocycles. The van der Waals surface area contributed by atoms with Crippen molar-refractivity contribution < 1.29 is 4.79 Å². The minimum Gasteiger partial charge on any atom is -0.343 e. The van der Waals surface area contributed by atoms with Gasteiger partial charge in [-0.1, -0.05) is 19.1 Å². The van der Waals surface area contributed by atoms with Gasteiger partial charge in [0.05, 0.1) is 11.0 Å². The first-order chi connectivity index (χ1) is 10.2. The molecule has 1 amide bonds. The topological polar surface area (TPSA) is 38.1 Å². The van der Waals surface area contributed by atoms with Gasteiger partial charge in [-0.05, 0) is 37.8 Å². The number of carbonyl (C=O) groups excluding carboxylic acids is 1. The van der Waals surface area contributed by atoms with Gasteiger partial charge in [-0.25, -0.2) is 4.98 Å². The number of nitrogens with zero attached hydrogens (tertiary/aromatic N) is 3. The zero-order chi connectivity index (χ0) is 14.8. The number of amides is 1. The molecule has 0 saturated carbocycles. The minimum absolute atomic E-state index is 0.290. The Kier molecular flexibility index (Phi) is 3.95. The van der Waals surface area contributed by atoms with Gasteiger partial charge in [0.25, 0.3) is 0 Å². The van der Waals surface area contributed by atoms with Crippen LogP contribution in [0.25, 0.3) is 11.0 Å². The number of benzene rings is 1. The lowest BCUT2D eigenvalue weighted by molar-refractivity contribution is -0.132. The molecule has 2 aromatic rings. The van der Waals surface area contributed by atoms with E-state index in [1.165, 1.54) is 5.52 Å². The number of para-hydroxylation sites is 2. The van der Waals surface area contributed by atoms with Crippen LogP contribution in [0, 0.1) is 12.8 Å². The van der Waals surface area contributed by atoms with Gasteiger partial charge < -0.3 is 9.47 Å². The first-order valence-corrected chi connectivity index (χ1v) is 7.88. The third-order valence-corrected chi connectivity index (χ3v) is 4.56. The summed E-state index contributed by atoms with van der Waals surface area (Å²) in [6.45, 7) is 6.84. The van der Waals surface area contributed by atoms with Gasteiger partial charge in [0.15, 0.2) is 0 Å². The molecule has 4 heteroatoms. The molecule has 1 aliphatic rings. The molecule has 21 heavy (non-hydrogen) atoms. The molecule has 0 unspecified atom stereocenters. The number of hydrogen-bond donors (Lipinski definition) is 0. The van der Waals surface area contributed by atoms with Crippen molar-refractivity contribution in [1.82, 2.24) is 14.5 Å². The van der Waals surface area contributed by atoms with Crippen LogP contribution in [0.3, 0.4) is 0 Å². The Bertz CT molecular complexity index is 639. The maximum absolute atomic E-state index is 11.7. The predicted molar refractivity (Wildman–Crippen MR) is 84.1 cm³/mol. The molecule has 0 spiro atoms. The van der Waals surface area contributed by atoms with Crippen LogP contribution < -0.4 is 0 Å². The van der Waals surface area contributed by atoms with Crippen molar-refractivity contribution in [3.63, 3.8) is 0 Å². The fraction of sp³-hybridized carbons (Fsp3) is 0.529. The molecular weight excluding hydrogens is 262 g/mol. The summed E-state index contributed by atoms with van der Waals surface area (Å²) in [6, 6.07) is 8.32. The largest absolute Gasteiger partial charge is 0.343 e. The van der Waals surface area contributed by atoms with E-state index in [1.807, 2.05) is 17.9 Å². The van der Waals surface area contributed by atoms with Gasteiger partial charge in [-0.15, -0.1) is 0 Å². The molecule has 1 aliphatic heterocycles. The van der Waals surface area contributed by atoms with Crippen molar-refractivity contribution in [2.24, 2.45) is 5.92 Å². The van der Waals surface area contributed by atoms with Gasteiger partial charge in [0.1, 0.15) is 5.82 Å². The summed E-state index contributed by atoms with van der Waals surface area (Å²) >= 11 is 0. The molecular formula is C17H23N3O. The van der Waals surface area contributed by atoms with Crippen LogP contribution in [0.5, 0.6) is 0 Å². The fourth-order valence-electron chi connectivity index (χ4n) is 3.27. The lowest BCUT2D eigenvalue weighted by Crippen LogP contribution is -2.39. The van der Waals surface area contributed by atoms with Gasteiger partial charge in [0.2, 0.25) is 5.91 Å². The van der Waals surface area contributed by atoms with Gasteiger partial charge in [0, 0.05) is 26.1 Å². The molecule has 3 rings (SSSR count). The number of hydrogen-bond acceptors (Lipinski definition) is 2. The summed E-state index contributed by atoms with van der Waals surface area (Å²) in [7, 11) is 0. The molecule has 0 atom stereocenters. The van der Waals surface area contributed by atoms with Crippen LogP contribution in [0.2, 0.25) is 0 Å². The smallest absolute Gasteiger partial charge is 0.222 e. The standard InChI is InChI=1S/C17H23N3O/c1-3-17(21)19-10-8-14(9-11-19)12-20-13(2)18-15-6-4-5-7-16(15)20/h4-7,14H,3,8-12H2,1-2H3. The number of piperidine rings is 1. The van der Waals surface area contributed by atoms with E-state index < -0.39 is 0 Å². The van der Waals surface area contributed by atoms with Crippen LogP contribution in [0.4, 0.5) is 0 Å². The fourth-order valence-corrected chi connectivity index (χ4v) is 3.27. The molecule has 0 N–H and O–H groups in total. The SMILES string of the molecule is CCC(=O)N1CCC(Cn2c(C)nc3ccccc32)CC1. The number of aromatic nitrogens is 2. The average molecular weight is 285 g/mol. The van der Waals surface area contributed by atoms with E-state index in [4.69, 9.17) is 0 Å². The van der Waals surface area contributed by atoms with E-state index in [1.54, 1.807) is 0 Å². The Hall–Kier alpha value is -1.84. The van der Waals surface area contributed by atoms with Gasteiger partial charge in [-0.2, -0.15) is 0 Å². The molecule has 0 aliphatic carbocycles. The van der Waals surface area contributed by atoms with Gasteiger partial charge in [-0.3, -0.25) is 4.79 Å². The third kappa shape index (κ3) is 2.80. The summed E-state index contributed by atoms with van der Waals surface area (Å²) in [4.78, 5) is 18.4. The first-order valence-electron chi connectivity index (χ1n) is 7.88. The van der Waals surface area contributed by atoms with Crippen molar-refractivity contribution in [3.8, 4) is 0 Å². The average Bonchev–Trinajstić information content (AvgIpc) is 2.83. The Morgan fingerprint density at radius 1 is 1.29 bits per heavy atom. The number of imidazole rings is 1. The maximum Gasteiger partial charge on any atom is 0.222 e. The van der Waals surface area contributed by atoms with E-state index in [2.05, 4.69) is 34.7 Å². The first kappa shape index (κ1) is 14.1. The molecule has 1 aromatic heterocycles. The van der Waals surface area contributed by atoms with Crippen LogP contribution in [-0.4, -0.2) is 33.4 Å². The Balaban J connectivity index is 1.70. The van der Waals surface area contributed by atoms with Crippen molar-refractivity contribution >= 4 is 16.9 Å². The summed E-state index contributed by atoms with van der Waals surface area (Å²) in [5.74, 6) is 2.02. The highest BCUT2D eigenvalue weighted by molar-refractivity contribution is 5.76. The van der Waals surface area contributed by atoms with Crippen LogP contribution in [0.1, 0.15) is 32.0 Å². The predicted octanol–water partition coefficient (Wildman–Crippen LogP) is 2.99. The molecule has 1 aromatic carbocycles. The van der Waals surface area contributed by atoms with E-state index in [0.717, 1.165) is 43.8 Å². The van der Waals surface area contributed by atoms with Crippen molar-refractivity contribution in [1.29, 1.82) is 0 Å². The third-order valence-electron chi connectivity index (χ3n) is 4.56. The van der Waals surface area contributed by atoms with Crippen molar-refractivity contribution in [3.05, 3.63) is 30.1 Å². The van der Waals surface area contributed by atoms with Crippen molar-refractivity contribution in [2.75, 3.05) is 13.1 Å². The Labute approximate surface area is 125 Å². The highest BCUT2D eigenvalue weighted by Crippen LogP contribution is 2.23. The number of likely N-dealkylation sites (tertiary alicyclic amines) is 1. The van der Waals surface area contributed by atoms with Crippen LogP contribution in [0.15, 0.2) is 24.3 Å². The van der Waals surface area contributed by atoms with Gasteiger partial charge >= 0.3 is 0 Å². The lowest BCUT2D eigenvalue weighted by Gasteiger charge is -2.32. The number of rotatable bonds is 3.